The molecule has 12 amide bonds. The summed E-state index contributed by atoms with van der Waals surface area (Å²) in [6.45, 7) is 29.5. The van der Waals surface area contributed by atoms with Crippen LogP contribution >= 0.6 is 0 Å². The van der Waals surface area contributed by atoms with Crippen molar-refractivity contribution in [2.45, 2.75) is 223 Å². The van der Waals surface area contributed by atoms with Crippen LogP contribution in [0.4, 0.5) is 4.79 Å². The number of hydrogen-bond donors (Lipinski definition) is 6. The van der Waals surface area contributed by atoms with Gasteiger partial charge in [0.05, 0.1) is 0 Å². The number of hydrogen-bond acceptors (Lipinski definition) is 14. The summed E-state index contributed by atoms with van der Waals surface area (Å²) in [5.74, 6) is -12.0. The molecule has 26 heteroatoms. The summed E-state index contributed by atoms with van der Waals surface area (Å²) in [4.78, 5) is 195. The number of allylic oxidation sites excluding steroid dienone is 2. The van der Waals surface area contributed by atoms with E-state index in [0.29, 0.717) is 0 Å². The van der Waals surface area contributed by atoms with Crippen LogP contribution in [0.15, 0.2) is 12.2 Å². The van der Waals surface area contributed by atoms with Gasteiger partial charge in [-0.15, -0.1) is 0 Å². The number of alkyl carbamates (subject to hydrolysis) is 1. The zero-order valence-corrected chi connectivity index (χ0v) is 58.6. The summed E-state index contributed by atoms with van der Waals surface area (Å²) < 4.78 is 5.44. The molecule has 0 radical (unpaired) electrons. The van der Waals surface area contributed by atoms with Gasteiger partial charge in [-0.2, -0.15) is 0 Å². The zero-order chi connectivity index (χ0) is 69.9. The van der Waals surface area contributed by atoms with Crippen molar-refractivity contribution < 1.29 is 67.1 Å². The van der Waals surface area contributed by atoms with Crippen molar-refractivity contribution in [3.63, 3.8) is 0 Å². The Kier molecular flexibility index (Phi) is 32.4. The van der Waals surface area contributed by atoms with E-state index < -0.39 is 173 Å². The van der Waals surface area contributed by atoms with Crippen molar-refractivity contribution in [1.82, 2.24) is 61.3 Å². The van der Waals surface area contributed by atoms with E-state index in [9.17, 15) is 52.7 Å². The van der Waals surface area contributed by atoms with Crippen LogP contribution in [0.5, 0.6) is 0 Å². The van der Waals surface area contributed by atoms with Gasteiger partial charge < -0.3 is 66.0 Å². The normalized spacial score (nSPS) is 26.4. The predicted octanol–water partition coefficient (Wildman–Crippen LogP) is 2.86. The van der Waals surface area contributed by atoms with Gasteiger partial charge in [-0.25, -0.2) is 4.79 Å². The smallest absolute Gasteiger partial charge is 0.406 e. The first kappa shape index (κ1) is 80.9. The Balaban J connectivity index is 4.45. The second kappa shape index (κ2) is 36.0. The first-order valence-electron chi connectivity index (χ1n) is 31.6. The molecule has 0 aromatic rings. The SMILES string of the molecule is C/C=C/C[C@@H](C)C(=O)[C@@H]1NC(=O)[C@H](C(C)C)N(C)C(=O)[C@H](CC(C)C)N(C)C(=O)[C@H](CC(C)C)N(C)C(=O)[C@@H](C)NC(=O)[C@H](C)NC(=O)[C@H](CC(C)C)N(C)C(=O)[C@H](C(C)C)NC(=O)[C@H](C(C)(C)COC(=O)NC)N(C)C(=O)[C@@H](C)N(C)C(=O)[C@H](CC)NC1=O. The fraction of sp³-hybridized carbons (Fsp3) is 0.766. The first-order chi connectivity index (χ1) is 41.5. The van der Waals surface area contributed by atoms with Gasteiger partial charge in [0, 0.05) is 60.7 Å². The standard InChI is InChI=1S/C64H112N12O14/c1-26-28-29-39(13)50(77)48-54(80)68-43(27-2)59(85)71(20)42(16)58(84)76(25)51(64(17,18)33-90-63(89)65-19)56(82)69-47(37(9)10)62(88)72(21)44(30-34(3)4)53(79)66-40(14)52(78)67-41(15)57(83)73(22)45(31-35(5)6)60(86)74(23)46(32-36(7)8)61(87)75(24)49(38(11)12)55(81)70-48/h26,28,34-49,51H,27,29-33H2,1-25H3,(H,65,89)(H,66,79)(H,67,78)(H,68,80)(H,69,82)(H,70,81)/b28-26+/t39-,40+,41-,42-,43+,44+,45+,46+,47+,48+,49+,51-/m1/s1. The lowest BCUT2D eigenvalue weighted by Crippen LogP contribution is -2.64. The average molecular weight is 1270 g/mol. The minimum absolute atomic E-state index is 0.0767. The lowest BCUT2D eigenvalue weighted by molar-refractivity contribution is -0.154. The molecule has 512 valence electrons. The van der Waals surface area contributed by atoms with Crippen molar-refractivity contribution in [2.24, 2.45) is 40.9 Å². The number of rotatable bonds is 16. The van der Waals surface area contributed by atoms with Gasteiger partial charge in [0.2, 0.25) is 59.1 Å². The highest BCUT2D eigenvalue weighted by Crippen LogP contribution is 2.29. The molecule has 1 aliphatic heterocycles. The summed E-state index contributed by atoms with van der Waals surface area (Å²) in [5, 5.41) is 15.7. The summed E-state index contributed by atoms with van der Waals surface area (Å²) >= 11 is 0. The Hall–Kier alpha value is -7.15. The molecule has 0 unspecified atom stereocenters. The summed E-state index contributed by atoms with van der Waals surface area (Å²) in [7, 11) is 9.55. The lowest BCUT2D eigenvalue weighted by atomic mass is 9.83. The second-order valence-corrected chi connectivity index (χ2v) is 26.9. The van der Waals surface area contributed by atoms with Crippen molar-refractivity contribution in [3.8, 4) is 0 Å². The highest BCUT2D eigenvalue weighted by molar-refractivity contribution is 6.10. The maximum atomic E-state index is 15.0. The van der Waals surface area contributed by atoms with Gasteiger partial charge in [0.15, 0.2) is 11.8 Å². The van der Waals surface area contributed by atoms with Crippen LogP contribution in [0, 0.1) is 40.9 Å². The molecule has 0 spiro atoms. The van der Waals surface area contributed by atoms with E-state index >= 15 is 9.59 Å². The number of carbonyl (C=O) groups is 13. The molecule has 0 aromatic heterocycles. The van der Waals surface area contributed by atoms with Gasteiger partial charge >= 0.3 is 6.09 Å². The van der Waals surface area contributed by atoms with E-state index in [4.69, 9.17) is 4.74 Å². The van der Waals surface area contributed by atoms with Gasteiger partial charge in [0.1, 0.15) is 67.0 Å². The zero-order valence-electron chi connectivity index (χ0n) is 58.6. The van der Waals surface area contributed by atoms with Crippen molar-refractivity contribution >= 4 is 76.9 Å². The Morgan fingerprint density at radius 3 is 1.48 bits per heavy atom. The van der Waals surface area contributed by atoms with E-state index in [-0.39, 0.29) is 49.9 Å². The highest BCUT2D eigenvalue weighted by Gasteiger charge is 2.47. The molecule has 1 heterocycles. The molecule has 0 aromatic carbocycles. The minimum atomic E-state index is -1.91. The third-order valence-corrected chi connectivity index (χ3v) is 16.6. The van der Waals surface area contributed by atoms with E-state index in [1.165, 1.54) is 89.7 Å². The molecule has 0 bridgehead atoms. The Morgan fingerprint density at radius 1 is 0.533 bits per heavy atom. The molecule has 6 N–H and O–H groups in total. The summed E-state index contributed by atoms with van der Waals surface area (Å²) in [6, 6.07) is -15.0. The van der Waals surface area contributed by atoms with Crippen LogP contribution in [0.3, 0.4) is 0 Å². The largest absolute Gasteiger partial charge is 0.449 e. The molecule has 1 aliphatic rings. The van der Waals surface area contributed by atoms with Crippen LogP contribution in [0.2, 0.25) is 0 Å². The number of Topliss-reactive ketones (excluding diaryl/α,β-unsaturated/α-hetero) is 1. The third-order valence-electron chi connectivity index (χ3n) is 16.6. The number of nitrogens with zero attached hydrogens (tertiary/aromatic N) is 6. The molecule has 1 rings (SSSR count). The molecular weight excluding hydrogens is 1160 g/mol. The number of carbonyl (C=O) groups excluding carboxylic acids is 13. The van der Waals surface area contributed by atoms with E-state index in [1.54, 1.807) is 74.5 Å². The molecule has 1 saturated heterocycles. The van der Waals surface area contributed by atoms with Gasteiger partial charge in [-0.1, -0.05) is 109 Å². The van der Waals surface area contributed by atoms with Gasteiger partial charge in [0.25, 0.3) is 5.91 Å². The maximum Gasteiger partial charge on any atom is 0.406 e. The summed E-state index contributed by atoms with van der Waals surface area (Å²) in [5.41, 5.74) is -1.42. The predicted molar refractivity (Wildman–Crippen MR) is 342 cm³/mol. The number of ketones is 1. The molecular formula is C64H112N12O14. The number of likely N-dealkylation sites (N-methyl/N-ethyl adjacent to an activating group) is 6. The number of nitrogens with one attached hydrogen (secondary N) is 6. The maximum absolute atomic E-state index is 15.0. The molecule has 12 atom stereocenters. The first-order valence-corrected chi connectivity index (χ1v) is 31.6. The Bertz CT molecular complexity index is 2570. The Morgan fingerprint density at radius 2 is 1.01 bits per heavy atom. The van der Waals surface area contributed by atoms with Crippen LogP contribution < -0.4 is 31.9 Å². The van der Waals surface area contributed by atoms with Gasteiger partial charge in [-0.3, -0.25) is 57.5 Å². The fourth-order valence-electron chi connectivity index (χ4n) is 11.0. The van der Waals surface area contributed by atoms with E-state index in [2.05, 4.69) is 31.9 Å². The minimum Gasteiger partial charge on any atom is -0.449 e. The number of ether oxygens (including phenoxy) is 1. The molecule has 1 fully saturated rings. The number of amides is 12. The fourth-order valence-corrected chi connectivity index (χ4v) is 11.0. The quantitative estimate of drug-likeness (QED) is 0.0957. The van der Waals surface area contributed by atoms with Crippen LogP contribution in [-0.2, 0) is 62.3 Å². The highest BCUT2D eigenvalue weighted by atomic mass is 16.5. The van der Waals surface area contributed by atoms with Crippen molar-refractivity contribution in [1.29, 1.82) is 0 Å². The van der Waals surface area contributed by atoms with Crippen molar-refractivity contribution in [2.75, 3.05) is 55.9 Å². The Labute approximate surface area is 535 Å². The van der Waals surface area contributed by atoms with E-state index in [0.717, 1.165) is 9.80 Å². The monoisotopic (exact) mass is 1270 g/mol. The van der Waals surface area contributed by atoms with Gasteiger partial charge in [-0.05, 0) is 89.4 Å². The van der Waals surface area contributed by atoms with Crippen LogP contribution in [-0.4, -0.2) is 229 Å². The van der Waals surface area contributed by atoms with Crippen LogP contribution in [0.25, 0.3) is 0 Å². The average Bonchev–Trinajstić information content (AvgIpc) is 0.915. The lowest BCUT2D eigenvalue weighted by Gasteiger charge is -2.42. The molecule has 90 heavy (non-hydrogen) atoms. The second-order valence-electron chi connectivity index (χ2n) is 26.9. The third kappa shape index (κ3) is 22.1. The van der Waals surface area contributed by atoms with E-state index in [1.807, 2.05) is 41.5 Å². The molecule has 26 nitrogen and oxygen atoms in total. The van der Waals surface area contributed by atoms with Crippen molar-refractivity contribution in [3.05, 3.63) is 12.2 Å². The summed E-state index contributed by atoms with van der Waals surface area (Å²) in [6.07, 6.45) is 3.01. The molecule has 0 aliphatic carbocycles. The van der Waals surface area contributed by atoms with Crippen LogP contribution in [0.1, 0.15) is 157 Å². The molecule has 0 saturated carbocycles. The topological polar surface area (TPSA) is 323 Å².